The standard InChI is InChI=1S/C28H21N3O6/c1-37-20-12-6-17(7-13-20)26(32)25-23-22(24-21-5-3-2-4-16(21)14-15-29(24)25)27(33)30(28(23)34)18-8-10-19(11-9-18)31(35)36/h2-15,22-25H,1H3/t22-,23-,24-,25+/m1/s1. The molecule has 3 aliphatic rings. The first-order valence-electron chi connectivity index (χ1n) is 11.8. The summed E-state index contributed by atoms with van der Waals surface area (Å²) >= 11 is 0. The van der Waals surface area contributed by atoms with E-state index in [-0.39, 0.29) is 17.2 Å². The largest absolute Gasteiger partial charge is 0.497 e. The minimum absolute atomic E-state index is 0.145. The predicted octanol–water partition coefficient (Wildman–Crippen LogP) is 4.00. The molecule has 9 heteroatoms. The molecular weight excluding hydrogens is 474 g/mol. The van der Waals surface area contributed by atoms with Crippen molar-refractivity contribution in [3.63, 3.8) is 0 Å². The summed E-state index contributed by atoms with van der Waals surface area (Å²) in [6, 6.07) is 18.2. The molecule has 3 aromatic carbocycles. The molecule has 0 saturated carbocycles. The van der Waals surface area contributed by atoms with Crippen LogP contribution in [0, 0.1) is 22.0 Å². The Morgan fingerprint density at radius 2 is 1.59 bits per heavy atom. The number of nitrogens with zero attached hydrogens (tertiary/aromatic N) is 3. The van der Waals surface area contributed by atoms with Crippen molar-refractivity contribution in [1.82, 2.24) is 4.90 Å². The van der Waals surface area contributed by atoms with Crippen LogP contribution in [-0.4, -0.2) is 40.6 Å². The van der Waals surface area contributed by atoms with Crippen LogP contribution in [0.5, 0.6) is 5.75 Å². The lowest BCUT2D eigenvalue weighted by Gasteiger charge is -2.35. The van der Waals surface area contributed by atoms with Crippen LogP contribution in [0.1, 0.15) is 27.5 Å². The van der Waals surface area contributed by atoms with Crippen molar-refractivity contribution >= 4 is 35.0 Å². The lowest BCUT2D eigenvalue weighted by Crippen LogP contribution is -2.44. The van der Waals surface area contributed by atoms with Gasteiger partial charge in [-0.25, -0.2) is 4.90 Å². The molecule has 3 aliphatic heterocycles. The first-order chi connectivity index (χ1) is 17.9. The lowest BCUT2D eigenvalue weighted by molar-refractivity contribution is -0.384. The Morgan fingerprint density at radius 1 is 0.919 bits per heavy atom. The minimum Gasteiger partial charge on any atom is -0.497 e. The first kappa shape index (κ1) is 22.7. The molecule has 6 rings (SSSR count). The summed E-state index contributed by atoms with van der Waals surface area (Å²) in [5, 5.41) is 11.1. The third-order valence-electron chi connectivity index (χ3n) is 7.42. The minimum atomic E-state index is -0.918. The van der Waals surface area contributed by atoms with E-state index >= 15 is 0 Å². The third-order valence-corrected chi connectivity index (χ3v) is 7.42. The van der Waals surface area contributed by atoms with Gasteiger partial charge in [-0.2, -0.15) is 0 Å². The number of non-ortho nitro benzene ring substituents is 1. The zero-order chi connectivity index (χ0) is 25.8. The van der Waals surface area contributed by atoms with E-state index in [1.54, 1.807) is 30.5 Å². The Hall–Kier alpha value is -4.79. The van der Waals surface area contributed by atoms with Gasteiger partial charge in [0.1, 0.15) is 11.8 Å². The summed E-state index contributed by atoms with van der Waals surface area (Å²) in [7, 11) is 1.54. The second-order valence-electron chi connectivity index (χ2n) is 9.21. The molecule has 3 aromatic rings. The molecule has 0 N–H and O–H groups in total. The highest BCUT2D eigenvalue weighted by Gasteiger charge is 2.64. The number of Topliss-reactive ketones (excluding diaryl/α,β-unsaturated/α-hetero) is 1. The van der Waals surface area contributed by atoms with Crippen molar-refractivity contribution < 1.29 is 24.0 Å². The number of anilines is 1. The first-order valence-corrected chi connectivity index (χ1v) is 11.8. The Morgan fingerprint density at radius 3 is 2.27 bits per heavy atom. The van der Waals surface area contributed by atoms with E-state index < -0.39 is 40.7 Å². The highest BCUT2D eigenvalue weighted by atomic mass is 16.6. The molecule has 4 atom stereocenters. The maximum absolute atomic E-state index is 13.9. The van der Waals surface area contributed by atoms with Crippen LogP contribution < -0.4 is 9.64 Å². The summed E-state index contributed by atoms with van der Waals surface area (Å²) in [6.45, 7) is 0. The number of carbonyl (C=O) groups excluding carboxylic acids is 3. The number of hydrogen-bond donors (Lipinski definition) is 0. The van der Waals surface area contributed by atoms with Crippen LogP contribution in [0.15, 0.2) is 79.0 Å². The Bertz CT molecular complexity index is 1480. The number of imide groups is 1. The number of ether oxygens (including phenoxy) is 1. The van der Waals surface area contributed by atoms with Gasteiger partial charge in [0.25, 0.3) is 5.69 Å². The number of fused-ring (bicyclic) bond motifs is 5. The van der Waals surface area contributed by atoms with Crippen LogP contribution in [0.2, 0.25) is 0 Å². The Balaban J connectivity index is 1.45. The normalized spacial score (nSPS) is 23.5. The number of hydrogen-bond acceptors (Lipinski definition) is 7. The van der Waals surface area contributed by atoms with Crippen LogP contribution in [0.4, 0.5) is 11.4 Å². The molecule has 37 heavy (non-hydrogen) atoms. The number of nitro groups is 1. The fourth-order valence-electron chi connectivity index (χ4n) is 5.76. The van der Waals surface area contributed by atoms with Gasteiger partial charge in [0, 0.05) is 23.9 Å². The monoisotopic (exact) mass is 495 g/mol. The van der Waals surface area contributed by atoms with Crippen molar-refractivity contribution in [3.05, 3.63) is 106 Å². The second-order valence-corrected chi connectivity index (χ2v) is 9.21. The van der Waals surface area contributed by atoms with Crippen molar-refractivity contribution in [2.24, 2.45) is 11.8 Å². The van der Waals surface area contributed by atoms with Crippen LogP contribution in [-0.2, 0) is 9.59 Å². The zero-order valence-electron chi connectivity index (χ0n) is 19.7. The molecule has 2 amide bonds. The quantitative estimate of drug-likeness (QED) is 0.228. The van der Waals surface area contributed by atoms with Crippen LogP contribution in [0.25, 0.3) is 6.08 Å². The average molecular weight is 495 g/mol. The number of ketones is 1. The van der Waals surface area contributed by atoms with Crippen molar-refractivity contribution in [1.29, 1.82) is 0 Å². The van der Waals surface area contributed by atoms with Gasteiger partial charge in [-0.1, -0.05) is 24.3 Å². The van der Waals surface area contributed by atoms with E-state index in [2.05, 4.69) is 0 Å². The van der Waals surface area contributed by atoms with Gasteiger partial charge >= 0.3 is 0 Å². The summed E-state index contributed by atoms with van der Waals surface area (Å²) in [5.74, 6) is -2.29. The number of carbonyl (C=O) groups is 3. The summed E-state index contributed by atoms with van der Waals surface area (Å²) in [4.78, 5) is 55.1. The molecule has 184 valence electrons. The van der Waals surface area contributed by atoms with E-state index in [0.29, 0.717) is 11.3 Å². The van der Waals surface area contributed by atoms with Gasteiger partial charge in [0.05, 0.1) is 35.6 Å². The average Bonchev–Trinajstić information content (AvgIpc) is 3.40. The van der Waals surface area contributed by atoms with Gasteiger partial charge in [0.2, 0.25) is 11.8 Å². The molecule has 0 aliphatic carbocycles. The summed E-state index contributed by atoms with van der Waals surface area (Å²) < 4.78 is 5.21. The number of nitro benzene ring substituents is 1. The molecule has 0 radical (unpaired) electrons. The molecule has 0 unspecified atom stereocenters. The maximum atomic E-state index is 13.9. The molecule has 0 bridgehead atoms. The third kappa shape index (κ3) is 3.35. The Kier molecular flexibility index (Phi) is 5.15. The smallest absolute Gasteiger partial charge is 0.269 e. The highest BCUT2D eigenvalue weighted by molar-refractivity contribution is 6.24. The number of rotatable bonds is 5. The van der Waals surface area contributed by atoms with E-state index in [4.69, 9.17) is 4.74 Å². The molecule has 3 heterocycles. The van der Waals surface area contributed by atoms with Crippen LogP contribution >= 0.6 is 0 Å². The molecular formula is C28H21N3O6. The number of benzene rings is 3. The maximum Gasteiger partial charge on any atom is 0.269 e. The van der Waals surface area contributed by atoms with Crippen LogP contribution in [0.3, 0.4) is 0 Å². The molecule has 9 nitrogen and oxygen atoms in total. The van der Waals surface area contributed by atoms with E-state index in [1.165, 1.54) is 31.4 Å². The number of amides is 2. The number of methoxy groups -OCH3 is 1. The molecule has 2 saturated heterocycles. The van der Waals surface area contributed by atoms with Gasteiger partial charge < -0.3 is 9.64 Å². The van der Waals surface area contributed by atoms with Gasteiger partial charge in [-0.15, -0.1) is 0 Å². The van der Waals surface area contributed by atoms with Crippen molar-refractivity contribution in [2.75, 3.05) is 12.0 Å². The fourth-order valence-corrected chi connectivity index (χ4v) is 5.76. The van der Waals surface area contributed by atoms with Gasteiger partial charge in [-0.05, 0) is 53.6 Å². The summed E-state index contributed by atoms with van der Waals surface area (Å²) in [6.07, 6.45) is 3.69. The lowest BCUT2D eigenvalue weighted by atomic mass is 9.83. The molecule has 0 spiro atoms. The van der Waals surface area contributed by atoms with E-state index in [1.807, 2.05) is 35.2 Å². The Labute approximate surface area is 211 Å². The van der Waals surface area contributed by atoms with E-state index in [9.17, 15) is 24.5 Å². The SMILES string of the molecule is COc1ccc(C(=O)[C@@H]2[C@@H]3C(=O)N(c4ccc([N+](=O)[O-])cc4)C(=O)[C@H]3[C@H]3c4ccccc4C=CN23)cc1. The second kappa shape index (κ2) is 8.41. The molecule has 0 aromatic heterocycles. The highest BCUT2D eigenvalue weighted by Crippen LogP contribution is 2.53. The van der Waals surface area contributed by atoms with Gasteiger partial charge in [0.15, 0.2) is 5.78 Å². The zero-order valence-corrected chi connectivity index (χ0v) is 19.7. The predicted molar refractivity (Wildman–Crippen MR) is 134 cm³/mol. The van der Waals surface area contributed by atoms with Gasteiger partial charge in [-0.3, -0.25) is 24.5 Å². The summed E-state index contributed by atoms with van der Waals surface area (Å²) in [5.41, 5.74) is 2.31. The van der Waals surface area contributed by atoms with E-state index in [0.717, 1.165) is 16.0 Å². The van der Waals surface area contributed by atoms with Crippen molar-refractivity contribution in [3.8, 4) is 5.75 Å². The fraction of sp³-hybridized carbons (Fsp3) is 0.179. The molecule has 2 fully saturated rings. The topological polar surface area (TPSA) is 110 Å². The van der Waals surface area contributed by atoms with Crippen molar-refractivity contribution in [2.45, 2.75) is 12.1 Å².